The van der Waals surface area contributed by atoms with E-state index in [1.807, 2.05) is 29.2 Å². The third kappa shape index (κ3) is 5.76. The van der Waals surface area contributed by atoms with E-state index in [0.29, 0.717) is 17.3 Å². The number of thiazole rings is 1. The Bertz CT molecular complexity index is 1000. The summed E-state index contributed by atoms with van der Waals surface area (Å²) in [4.78, 5) is 23.3. The largest absolute Gasteiger partial charge is 0.302 e. The number of hydrogen-bond acceptors (Lipinski definition) is 5. The highest BCUT2D eigenvalue weighted by atomic mass is 35.5. The second kappa shape index (κ2) is 10.6. The lowest BCUT2D eigenvalue weighted by Crippen LogP contribution is -2.39. The zero-order valence-electron chi connectivity index (χ0n) is 17.9. The summed E-state index contributed by atoms with van der Waals surface area (Å²) in [5.74, 6) is 0.448. The standard InChI is InChI=1S/C23H28ClN3OS2/c1-5-26(6-2)11-12-27(21(28)15-29-19-9-7-18(24)8-10-19)23-25-22-17(4)13-16(3)14-20(22)30-23/h7-10,13-14H,5-6,11-12,15H2,1-4H3. The molecule has 0 spiro atoms. The van der Waals surface area contributed by atoms with E-state index in [1.165, 1.54) is 17.3 Å². The first kappa shape index (κ1) is 23.1. The molecule has 2 aromatic carbocycles. The Morgan fingerprint density at radius 2 is 1.80 bits per heavy atom. The van der Waals surface area contributed by atoms with Crippen LogP contribution in [0.1, 0.15) is 25.0 Å². The van der Waals surface area contributed by atoms with Crippen molar-refractivity contribution in [1.29, 1.82) is 0 Å². The van der Waals surface area contributed by atoms with Crippen molar-refractivity contribution < 1.29 is 4.79 Å². The van der Waals surface area contributed by atoms with Crippen molar-refractivity contribution in [2.24, 2.45) is 0 Å². The Morgan fingerprint density at radius 3 is 2.47 bits per heavy atom. The number of aryl methyl sites for hydroxylation is 2. The Balaban J connectivity index is 1.82. The summed E-state index contributed by atoms with van der Waals surface area (Å²) in [6, 6.07) is 11.9. The zero-order valence-corrected chi connectivity index (χ0v) is 20.3. The van der Waals surface area contributed by atoms with Gasteiger partial charge in [0.05, 0.1) is 16.0 Å². The van der Waals surface area contributed by atoms with E-state index in [2.05, 4.69) is 44.7 Å². The Morgan fingerprint density at radius 1 is 1.10 bits per heavy atom. The van der Waals surface area contributed by atoms with E-state index in [9.17, 15) is 4.79 Å². The summed E-state index contributed by atoms with van der Waals surface area (Å²) < 4.78 is 1.13. The third-order valence-electron chi connectivity index (χ3n) is 5.06. The zero-order chi connectivity index (χ0) is 21.7. The van der Waals surface area contributed by atoms with Crippen LogP contribution >= 0.6 is 34.7 Å². The van der Waals surface area contributed by atoms with Crippen LogP contribution in [-0.2, 0) is 4.79 Å². The molecule has 0 aliphatic rings. The summed E-state index contributed by atoms with van der Waals surface area (Å²) in [5, 5.41) is 1.49. The van der Waals surface area contributed by atoms with Crippen molar-refractivity contribution in [3.05, 3.63) is 52.5 Å². The number of thioether (sulfide) groups is 1. The van der Waals surface area contributed by atoms with Crippen molar-refractivity contribution in [3.8, 4) is 0 Å². The number of hydrogen-bond donors (Lipinski definition) is 0. The SMILES string of the molecule is CCN(CC)CCN(C(=O)CSc1ccc(Cl)cc1)c1nc2c(C)cc(C)cc2s1. The summed E-state index contributed by atoms with van der Waals surface area (Å²) >= 11 is 9.10. The number of halogens is 1. The van der Waals surface area contributed by atoms with Gasteiger partial charge in [0.1, 0.15) is 0 Å². The molecule has 3 rings (SSSR count). The van der Waals surface area contributed by atoms with E-state index < -0.39 is 0 Å². The Kier molecular flexibility index (Phi) is 8.17. The number of carbonyl (C=O) groups is 1. The molecule has 0 aliphatic carbocycles. The van der Waals surface area contributed by atoms with Crippen LogP contribution in [0.5, 0.6) is 0 Å². The van der Waals surface area contributed by atoms with Crippen LogP contribution in [0.4, 0.5) is 5.13 Å². The second-order valence-corrected chi connectivity index (χ2v) is 9.73. The van der Waals surface area contributed by atoms with Gasteiger partial charge < -0.3 is 4.90 Å². The fraction of sp³-hybridized carbons (Fsp3) is 0.391. The van der Waals surface area contributed by atoms with Crippen LogP contribution in [0, 0.1) is 13.8 Å². The van der Waals surface area contributed by atoms with Gasteiger partial charge in [-0.2, -0.15) is 0 Å². The molecule has 1 aromatic heterocycles. The molecule has 1 amide bonds. The lowest BCUT2D eigenvalue weighted by Gasteiger charge is -2.24. The average molecular weight is 462 g/mol. The first-order chi connectivity index (χ1) is 14.4. The molecule has 0 saturated heterocycles. The molecule has 1 heterocycles. The number of nitrogens with zero attached hydrogens (tertiary/aromatic N) is 3. The molecule has 0 N–H and O–H groups in total. The van der Waals surface area contributed by atoms with Crippen LogP contribution in [0.15, 0.2) is 41.3 Å². The van der Waals surface area contributed by atoms with Crippen molar-refractivity contribution in [2.45, 2.75) is 32.6 Å². The highest BCUT2D eigenvalue weighted by Gasteiger charge is 2.21. The average Bonchev–Trinajstić information content (AvgIpc) is 3.14. The molecular weight excluding hydrogens is 434 g/mol. The van der Waals surface area contributed by atoms with Crippen LogP contribution in [0.3, 0.4) is 0 Å². The van der Waals surface area contributed by atoms with Crippen molar-refractivity contribution in [3.63, 3.8) is 0 Å². The quantitative estimate of drug-likeness (QED) is 0.364. The maximum Gasteiger partial charge on any atom is 0.239 e. The van der Waals surface area contributed by atoms with Crippen LogP contribution < -0.4 is 4.90 Å². The number of fused-ring (bicyclic) bond motifs is 1. The predicted octanol–water partition coefficient (Wildman–Crippen LogP) is 6.03. The molecule has 0 fully saturated rings. The summed E-state index contributed by atoms with van der Waals surface area (Å²) in [6.45, 7) is 11.9. The second-order valence-electron chi connectivity index (χ2n) is 7.24. The molecule has 3 aromatic rings. The number of likely N-dealkylation sites (N-methyl/N-ethyl adjacent to an activating group) is 1. The minimum Gasteiger partial charge on any atom is -0.302 e. The van der Waals surface area contributed by atoms with E-state index in [-0.39, 0.29) is 5.91 Å². The van der Waals surface area contributed by atoms with Crippen molar-refractivity contribution in [2.75, 3.05) is 36.8 Å². The van der Waals surface area contributed by atoms with Gasteiger partial charge in [0.25, 0.3) is 0 Å². The molecular formula is C23H28ClN3OS2. The summed E-state index contributed by atoms with van der Waals surface area (Å²) in [7, 11) is 0. The van der Waals surface area contributed by atoms with Crippen LogP contribution in [-0.4, -0.2) is 47.7 Å². The lowest BCUT2D eigenvalue weighted by atomic mass is 10.1. The molecule has 0 bridgehead atoms. The highest BCUT2D eigenvalue weighted by Crippen LogP contribution is 2.32. The van der Waals surface area contributed by atoms with Gasteiger partial charge in [-0.05, 0) is 68.4 Å². The number of carbonyl (C=O) groups excluding carboxylic acids is 1. The number of rotatable bonds is 9. The van der Waals surface area contributed by atoms with Crippen LogP contribution in [0.25, 0.3) is 10.2 Å². The van der Waals surface area contributed by atoms with E-state index in [1.54, 1.807) is 11.3 Å². The normalized spacial score (nSPS) is 11.4. The van der Waals surface area contributed by atoms with Gasteiger partial charge >= 0.3 is 0 Å². The maximum absolute atomic E-state index is 13.2. The van der Waals surface area contributed by atoms with Gasteiger partial charge in [0, 0.05) is 23.0 Å². The van der Waals surface area contributed by atoms with Gasteiger partial charge in [-0.25, -0.2) is 4.98 Å². The van der Waals surface area contributed by atoms with Crippen molar-refractivity contribution >= 4 is 56.0 Å². The third-order valence-corrected chi connectivity index (χ3v) is 7.33. The van der Waals surface area contributed by atoms with E-state index >= 15 is 0 Å². The molecule has 0 unspecified atom stereocenters. The first-order valence-corrected chi connectivity index (χ1v) is 12.4. The van der Waals surface area contributed by atoms with E-state index in [4.69, 9.17) is 16.6 Å². The monoisotopic (exact) mass is 461 g/mol. The van der Waals surface area contributed by atoms with Gasteiger partial charge in [0.15, 0.2) is 5.13 Å². The van der Waals surface area contributed by atoms with Gasteiger partial charge in [-0.1, -0.05) is 42.9 Å². The number of amides is 1. The summed E-state index contributed by atoms with van der Waals surface area (Å²) in [5.41, 5.74) is 3.36. The van der Waals surface area contributed by atoms with Crippen molar-refractivity contribution in [1.82, 2.24) is 9.88 Å². The molecule has 0 atom stereocenters. The minimum atomic E-state index is 0.0792. The molecule has 7 heteroatoms. The first-order valence-electron chi connectivity index (χ1n) is 10.2. The smallest absolute Gasteiger partial charge is 0.239 e. The Hall–Kier alpha value is -1.60. The number of benzene rings is 2. The Labute approximate surface area is 192 Å². The summed E-state index contributed by atoms with van der Waals surface area (Å²) in [6.07, 6.45) is 0. The molecule has 30 heavy (non-hydrogen) atoms. The van der Waals surface area contributed by atoms with Gasteiger partial charge in [0.2, 0.25) is 5.91 Å². The predicted molar refractivity (Wildman–Crippen MR) is 131 cm³/mol. The molecule has 0 radical (unpaired) electrons. The fourth-order valence-corrected chi connectivity index (χ4v) is 5.42. The molecule has 4 nitrogen and oxygen atoms in total. The number of aromatic nitrogens is 1. The van der Waals surface area contributed by atoms with Gasteiger partial charge in [-0.3, -0.25) is 9.69 Å². The van der Waals surface area contributed by atoms with Gasteiger partial charge in [-0.15, -0.1) is 11.8 Å². The highest BCUT2D eigenvalue weighted by molar-refractivity contribution is 8.00. The van der Waals surface area contributed by atoms with E-state index in [0.717, 1.165) is 45.4 Å². The number of anilines is 1. The fourth-order valence-electron chi connectivity index (χ4n) is 3.34. The topological polar surface area (TPSA) is 36.4 Å². The molecule has 0 saturated carbocycles. The van der Waals surface area contributed by atoms with Crippen LogP contribution in [0.2, 0.25) is 5.02 Å². The lowest BCUT2D eigenvalue weighted by molar-refractivity contribution is -0.116. The molecule has 160 valence electrons. The molecule has 0 aliphatic heterocycles. The minimum absolute atomic E-state index is 0.0792. The maximum atomic E-state index is 13.2.